The molecule has 2 aromatic rings. The van der Waals surface area contributed by atoms with Crippen molar-refractivity contribution in [2.75, 3.05) is 0 Å². The molecule has 144 valence electrons. The zero-order chi connectivity index (χ0) is 20.0. The number of carbonyl (C=O) groups is 1. The molecule has 0 fully saturated rings. The average molecular weight is 380 g/mol. The van der Waals surface area contributed by atoms with Gasteiger partial charge in [-0.3, -0.25) is 4.79 Å². The number of hydrogen-bond donors (Lipinski definition) is 1. The number of alkyl halides is 3. The van der Waals surface area contributed by atoms with Crippen molar-refractivity contribution in [3.63, 3.8) is 0 Å². The van der Waals surface area contributed by atoms with Crippen LogP contribution in [0, 0.1) is 17.2 Å². The highest BCUT2D eigenvalue weighted by molar-refractivity contribution is 5.81. The second-order valence-electron chi connectivity index (χ2n) is 6.35. The number of carbonyl (C=O) groups excluding carboxylic acids is 1. The second kappa shape index (κ2) is 8.62. The third kappa shape index (κ3) is 5.78. The Labute approximate surface area is 154 Å². The zero-order valence-corrected chi connectivity index (χ0v) is 14.8. The molecule has 0 saturated heterocycles. The van der Waals surface area contributed by atoms with E-state index in [1.807, 2.05) is 13.8 Å². The molecule has 1 unspecified atom stereocenters. The molecule has 5 nitrogen and oxygen atoms in total. The smallest absolute Gasteiger partial charge is 0.417 e. The van der Waals surface area contributed by atoms with Gasteiger partial charge in [0.2, 0.25) is 0 Å². The summed E-state index contributed by atoms with van der Waals surface area (Å²) >= 11 is 0. The highest BCUT2D eigenvalue weighted by atomic mass is 19.4. The first kappa shape index (κ1) is 20.4. The second-order valence-corrected chi connectivity index (χ2v) is 6.35. The van der Waals surface area contributed by atoms with Gasteiger partial charge in [0.1, 0.15) is 11.5 Å². The lowest BCUT2D eigenvalue weighted by molar-refractivity contribution is -0.137. The van der Waals surface area contributed by atoms with Gasteiger partial charge in [-0.2, -0.15) is 18.4 Å². The minimum absolute atomic E-state index is 0.0739. The van der Waals surface area contributed by atoms with E-state index in [1.165, 1.54) is 18.4 Å². The van der Waals surface area contributed by atoms with Crippen molar-refractivity contribution < 1.29 is 27.1 Å². The maximum Gasteiger partial charge on any atom is 0.417 e. The van der Waals surface area contributed by atoms with Crippen molar-refractivity contribution in [1.29, 1.82) is 5.26 Å². The van der Waals surface area contributed by atoms with Crippen LogP contribution in [-0.2, 0) is 17.5 Å². The van der Waals surface area contributed by atoms with Crippen LogP contribution in [0.4, 0.5) is 13.2 Å². The van der Waals surface area contributed by atoms with Gasteiger partial charge >= 0.3 is 6.18 Å². The van der Waals surface area contributed by atoms with Crippen LogP contribution in [0.3, 0.4) is 0 Å². The molecule has 1 aromatic heterocycles. The SMILES string of the molecule is CC(C)CC(Oc1ccc(C#N)c(C(F)(F)F)c1)C(=O)NCc1ccco1. The molecule has 8 heteroatoms. The third-order valence-corrected chi connectivity index (χ3v) is 3.69. The molecule has 0 bridgehead atoms. The summed E-state index contributed by atoms with van der Waals surface area (Å²) in [4.78, 5) is 12.4. The molecule has 1 N–H and O–H groups in total. The van der Waals surface area contributed by atoms with Crippen LogP contribution in [0.5, 0.6) is 5.75 Å². The van der Waals surface area contributed by atoms with Crippen LogP contribution in [0.25, 0.3) is 0 Å². The molecule has 1 atom stereocenters. The van der Waals surface area contributed by atoms with Gasteiger partial charge in [0.05, 0.1) is 30.0 Å². The summed E-state index contributed by atoms with van der Waals surface area (Å²) in [6.45, 7) is 3.89. The van der Waals surface area contributed by atoms with Crippen molar-refractivity contribution in [2.24, 2.45) is 5.92 Å². The molecular weight excluding hydrogens is 361 g/mol. The molecule has 0 radical (unpaired) electrons. The highest BCUT2D eigenvalue weighted by Gasteiger charge is 2.34. The van der Waals surface area contributed by atoms with E-state index in [0.29, 0.717) is 12.2 Å². The Morgan fingerprint density at radius 2 is 2.07 bits per heavy atom. The Balaban J connectivity index is 2.17. The highest BCUT2D eigenvalue weighted by Crippen LogP contribution is 2.34. The average Bonchev–Trinajstić information content (AvgIpc) is 3.11. The number of nitrogens with zero attached hydrogens (tertiary/aromatic N) is 1. The summed E-state index contributed by atoms with van der Waals surface area (Å²) in [7, 11) is 0. The van der Waals surface area contributed by atoms with Crippen molar-refractivity contribution in [3.05, 3.63) is 53.5 Å². The topological polar surface area (TPSA) is 75.3 Å². The standard InChI is InChI=1S/C19H19F3N2O3/c1-12(2)8-17(18(25)24-11-15-4-3-7-26-15)27-14-6-5-13(10-23)16(9-14)19(20,21)22/h3-7,9,12,17H,8,11H2,1-2H3,(H,24,25). The molecule has 0 saturated carbocycles. The summed E-state index contributed by atoms with van der Waals surface area (Å²) in [5.41, 5.74) is -1.60. The molecule has 1 amide bonds. The first-order chi connectivity index (χ1) is 12.7. The Morgan fingerprint density at radius 3 is 2.63 bits per heavy atom. The van der Waals surface area contributed by atoms with Gasteiger partial charge in [-0.1, -0.05) is 13.8 Å². The van der Waals surface area contributed by atoms with Crippen molar-refractivity contribution in [1.82, 2.24) is 5.32 Å². The Kier molecular flexibility index (Phi) is 6.50. The molecular formula is C19H19F3N2O3. The van der Waals surface area contributed by atoms with E-state index in [1.54, 1.807) is 12.1 Å². The summed E-state index contributed by atoms with van der Waals surface area (Å²) in [5, 5.41) is 11.5. The minimum atomic E-state index is -4.69. The first-order valence-electron chi connectivity index (χ1n) is 8.28. The predicted molar refractivity (Wildman–Crippen MR) is 90.6 cm³/mol. The van der Waals surface area contributed by atoms with E-state index in [4.69, 9.17) is 14.4 Å². The summed E-state index contributed by atoms with van der Waals surface area (Å²) < 4.78 is 50.0. The first-order valence-corrected chi connectivity index (χ1v) is 8.28. The lowest BCUT2D eigenvalue weighted by Gasteiger charge is -2.21. The zero-order valence-electron chi connectivity index (χ0n) is 14.8. The van der Waals surface area contributed by atoms with Crippen LogP contribution in [0.1, 0.15) is 37.2 Å². The minimum Gasteiger partial charge on any atom is -0.481 e. The number of hydrogen-bond acceptors (Lipinski definition) is 4. The van der Waals surface area contributed by atoms with Crippen LogP contribution in [0.15, 0.2) is 41.0 Å². The van der Waals surface area contributed by atoms with Crippen molar-refractivity contribution >= 4 is 5.91 Å². The van der Waals surface area contributed by atoms with Gasteiger partial charge in [0, 0.05) is 0 Å². The van der Waals surface area contributed by atoms with Gasteiger partial charge in [-0.05, 0) is 42.7 Å². The fraction of sp³-hybridized carbons (Fsp3) is 0.368. The number of rotatable bonds is 7. The Morgan fingerprint density at radius 1 is 1.33 bits per heavy atom. The molecule has 0 aliphatic rings. The Bertz CT molecular complexity index is 809. The fourth-order valence-electron chi connectivity index (χ4n) is 2.43. The number of nitriles is 1. The number of ether oxygens (including phenoxy) is 1. The normalized spacial score (nSPS) is 12.5. The summed E-state index contributed by atoms with van der Waals surface area (Å²) in [5.74, 6) is 0.0346. The number of nitrogens with one attached hydrogen (secondary N) is 1. The molecule has 0 aliphatic heterocycles. The Hall–Kier alpha value is -2.95. The van der Waals surface area contributed by atoms with Crippen LogP contribution >= 0.6 is 0 Å². The van der Waals surface area contributed by atoms with E-state index in [2.05, 4.69) is 5.32 Å². The molecule has 1 heterocycles. The van der Waals surface area contributed by atoms with Crippen molar-refractivity contribution in [2.45, 2.75) is 39.1 Å². The lowest BCUT2D eigenvalue weighted by atomic mass is 10.0. The van der Waals surface area contributed by atoms with E-state index in [0.717, 1.165) is 12.1 Å². The number of amides is 1. The van der Waals surface area contributed by atoms with E-state index < -0.39 is 29.3 Å². The molecule has 0 spiro atoms. The third-order valence-electron chi connectivity index (χ3n) is 3.69. The van der Waals surface area contributed by atoms with Gasteiger partial charge < -0.3 is 14.5 Å². The number of benzene rings is 1. The fourth-order valence-corrected chi connectivity index (χ4v) is 2.43. The summed E-state index contributed by atoms with van der Waals surface area (Å²) in [6.07, 6.45) is -3.89. The number of furan rings is 1. The molecule has 0 aliphatic carbocycles. The van der Waals surface area contributed by atoms with Gasteiger partial charge in [0.15, 0.2) is 6.10 Å². The lowest BCUT2D eigenvalue weighted by Crippen LogP contribution is -2.39. The molecule has 1 aromatic carbocycles. The largest absolute Gasteiger partial charge is 0.481 e. The van der Waals surface area contributed by atoms with Gasteiger partial charge in [-0.15, -0.1) is 0 Å². The predicted octanol–water partition coefficient (Wildman–Crippen LogP) is 4.28. The molecule has 2 rings (SSSR count). The summed E-state index contributed by atoms with van der Waals surface area (Å²) in [6, 6.07) is 7.90. The van der Waals surface area contributed by atoms with E-state index in [9.17, 15) is 18.0 Å². The van der Waals surface area contributed by atoms with Crippen molar-refractivity contribution in [3.8, 4) is 11.8 Å². The van der Waals surface area contributed by atoms with Crippen LogP contribution in [0.2, 0.25) is 0 Å². The van der Waals surface area contributed by atoms with E-state index in [-0.39, 0.29) is 18.2 Å². The van der Waals surface area contributed by atoms with Gasteiger partial charge in [0.25, 0.3) is 5.91 Å². The van der Waals surface area contributed by atoms with Crippen LogP contribution in [-0.4, -0.2) is 12.0 Å². The van der Waals surface area contributed by atoms with Gasteiger partial charge in [-0.25, -0.2) is 0 Å². The van der Waals surface area contributed by atoms with E-state index >= 15 is 0 Å². The maximum absolute atomic E-state index is 13.1. The molecule has 27 heavy (non-hydrogen) atoms. The quantitative estimate of drug-likeness (QED) is 0.778. The maximum atomic E-state index is 13.1. The number of halogens is 3. The monoisotopic (exact) mass is 380 g/mol. The van der Waals surface area contributed by atoms with Crippen LogP contribution < -0.4 is 10.1 Å².